The van der Waals surface area contributed by atoms with Crippen molar-refractivity contribution in [2.45, 2.75) is 19.7 Å². The van der Waals surface area contributed by atoms with Crippen molar-refractivity contribution in [2.75, 3.05) is 5.43 Å². The number of hydrazone groups is 1. The van der Waals surface area contributed by atoms with Gasteiger partial charge in [-0.25, -0.2) is 0 Å². The molecule has 0 aliphatic rings. The molecule has 0 aliphatic heterocycles. The molecule has 0 bridgehead atoms. The highest BCUT2D eigenvalue weighted by atomic mass is 35.5. The number of rotatable bonds is 4. The van der Waals surface area contributed by atoms with E-state index in [1.807, 2.05) is 0 Å². The maximum absolute atomic E-state index is 12.7. The second kappa shape index (κ2) is 7.06. The fraction of sp³-hybridized carbons (Fsp3) is 0.200. The Hall–Kier alpha value is -2.32. The second-order valence-electron chi connectivity index (χ2n) is 4.85. The number of alkyl halides is 3. The molecule has 0 amide bonds. The third-order valence-corrected chi connectivity index (χ3v) is 3.53. The predicted molar refractivity (Wildman–Crippen MR) is 84.2 cm³/mol. The predicted octanol–water partition coefficient (Wildman–Crippen LogP) is 3.71. The van der Waals surface area contributed by atoms with Crippen LogP contribution in [0.3, 0.4) is 0 Å². The van der Waals surface area contributed by atoms with Gasteiger partial charge in [0.25, 0.3) is 0 Å². The molecule has 3 N–H and O–H groups in total. The summed E-state index contributed by atoms with van der Waals surface area (Å²) in [6, 6.07) is 2.79. The van der Waals surface area contributed by atoms with Crippen LogP contribution < -0.4 is 5.43 Å². The standard InChI is InChI=1S/C15H13ClF3N3O2/c1-8-14(24)11(9(7-23)5-20-8)6-21-22-13-4-10(15(17,18)19)2-3-12(13)16/h2-6,22-24H,7H2,1H3/b21-6+. The summed E-state index contributed by atoms with van der Waals surface area (Å²) in [5.74, 6) is -0.178. The number of aryl methyl sites for hydroxylation is 1. The van der Waals surface area contributed by atoms with Crippen molar-refractivity contribution in [2.24, 2.45) is 5.10 Å². The van der Waals surface area contributed by atoms with Crippen LogP contribution in [-0.4, -0.2) is 21.4 Å². The molecule has 1 aromatic carbocycles. The van der Waals surface area contributed by atoms with Crippen molar-refractivity contribution in [1.82, 2.24) is 4.98 Å². The molecule has 0 spiro atoms. The molecular weight excluding hydrogens is 347 g/mol. The first-order valence-electron chi connectivity index (χ1n) is 6.68. The lowest BCUT2D eigenvalue weighted by Crippen LogP contribution is -2.05. The van der Waals surface area contributed by atoms with Crippen LogP contribution in [0.1, 0.15) is 22.4 Å². The van der Waals surface area contributed by atoms with Gasteiger partial charge in [0.2, 0.25) is 0 Å². The van der Waals surface area contributed by atoms with Gasteiger partial charge in [-0.1, -0.05) is 11.6 Å². The topological polar surface area (TPSA) is 77.7 Å². The molecule has 0 unspecified atom stereocenters. The van der Waals surface area contributed by atoms with E-state index in [2.05, 4.69) is 15.5 Å². The Bertz CT molecular complexity index is 779. The monoisotopic (exact) mass is 359 g/mol. The number of aliphatic hydroxyl groups is 1. The molecule has 0 atom stereocenters. The van der Waals surface area contributed by atoms with Crippen LogP contribution >= 0.6 is 11.6 Å². The van der Waals surface area contributed by atoms with Gasteiger partial charge in [0.15, 0.2) is 0 Å². The fourth-order valence-electron chi connectivity index (χ4n) is 1.88. The van der Waals surface area contributed by atoms with Gasteiger partial charge in [-0.2, -0.15) is 18.3 Å². The molecular formula is C15H13ClF3N3O2. The van der Waals surface area contributed by atoms with E-state index < -0.39 is 11.7 Å². The summed E-state index contributed by atoms with van der Waals surface area (Å²) in [6.45, 7) is 1.18. The number of aromatic hydroxyl groups is 1. The first kappa shape index (κ1) is 18.0. The minimum atomic E-state index is -4.50. The van der Waals surface area contributed by atoms with Crippen LogP contribution in [0.4, 0.5) is 18.9 Å². The number of nitrogens with one attached hydrogen (secondary N) is 1. The Labute approximate surface area is 140 Å². The molecule has 0 fully saturated rings. The number of benzene rings is 1. The SMILES string of the molecule is Cc1ncc(CO)c(/C=N/Nc2cc(C(F)(F)F)ccc2Cl)c1O. The van der Waals surface area contributed by atoms with E-state index >= 15 is 0 Å². The van der Waals surface area contributed by atoms with Gasteiger partial charge in [-0.15, -0.1) is 0 Å². The van der Waals surface area contributed by atoms with Crippen molar-refractivity contribution in [3.05, 3.63) is 51.8 Å². The van der Waals surface area contributed by atoms with Gasteiger partial charge in [-0.05, 0) is 25.1 Å². The number of aliphatic hydroxyl groups excluding tert-OH is 1. The zero-order chi connectivity index (χ0) is 17.9. The Balaban J connectivity index is 2.29. The number of pyridine rings is 1. The number of nitrogens with zero attached hydrogens (tertiary/aromatic N) is 2. The Morgan fingerprint density at radius 1 is 1.38 bits per heavy atom. The van der Waals surface area contributed by atoms with E-state index in [9.17, 15) is 23.4 Å². The first-order valence-corrected chi connectivity index (χ1v) is 7.06. The van der Waals surface area contributed by atoms with Gasteiger partial charge in [-0.3, -0.25) is 10.4 Å². The largest absolute Gasteiger partial charge is 0.505 e. The van der Waals surface area contributed by atoms with Crippen LogP contribution in [0, 0.1) is 6.92 Å². The molecule has 5 nitrogen and oxygen atoms in total. The van der Waals surface area contributed by atoms with E-state index in [-0.39, 0.29) is 28.6 Å². The Morgan fingerprint density at radius 2 is 2.08 bits per heavy atom. The summed E-state index contributed by atoms with van der Waals surface area (Å²) >= 11 is 5.84. The van der Waals surface area contributed by atoms with Crippen LogP contribution in [0.15, 0.2) is 29.5 Å². The number of halogens is 4. The molecule has 0 saturated heterocycles. The van der Waals surface area contributed by atoms with Gasteiger partial charge in [0.05, 0.1) is 34.8 Å². The summed E-state index contributed by atoms with van der Waals surface area (Å²) in [4.78, 5) is 3.89. The number of hydrogen-bond donors (Lipinski definition) is 3. The summed E-state index contributed by atoms with van der Waals surface area (Å²) in [5, 5.41) is 23.0. The van der Waals surface area contributed by atoms with Crippen molar-refractivity contribution < 1.29 is 23.4 Å². The smallest absolute Gasteiger partial charge is 0.416 e. The lowest BCUT2D eigenvalue weighted by atomic mass is 10.1. The highest BCUT2D eigenvalue weighted by Gasteiger charge is 2.30. The molecule has 1 heterocycles. The molecule has 9 heteroatoms. The van der Waals surface area contributed by atoms with Crippen molar-refractivity contribution in [1.29, 1.82) is 0 Å². The van der Waals surface area contributed by atoms with Crippen LogP contribution in [0.5, 0.6) is 5.75 Å². The number of hydrogen-bond acceptors (Lipinski definition) is 5. The van der Waals surface area contributed by atoms with Crippen LogP contribution in [0.25, 0.3) is 0 Å². The first-order chi connectivity index (χ1) is 11.2. The van der Waals surface area contributed by atoms with Gasteiger partial charge >= 0.3 is 6.18 Å². The maximum Gasteiger partial charge on any atom is 0.416 e. The molecule has 1 aromatic heterocycles. The molecule has 24 heavy (non-hydrogen) atoms. The minimum absolute atomic E-state index is 0.0430. The van der Waals surface area contributed by atoms with Crippen LogP contribution in [-0.2, 0) is 12.8 Å². The highest BCUT2D eigenvalue weighted by molar-refractivity contribution is 6.33. The van der Waals surface area contributed by atoms with Gasteiger partial charge < -0.3 is 10.2 Å². The molecule has 0 radical (unpaired) electrons. The summed E-state index contributed by atoms with van der Waals surface area (Å²) in [7, 11) is 0. The molecule has 0 aliphatic carbocycles. The summed E-state index contributed by atoms with van der Waals surface area (Å²) in [5.41, 5.74) is 2.33. The normalized spacial score (nSPS) is 11.9. The molecule has 2 rings (SSSR count). The third kappa shape index (κ3) is 3.95. The third-order valence-electron chi connectivity index (χ3n) is 3.20. The Kier molecular flexibility index (Phi) is 5.30. The second-order valence-corrected chi connectivity index (χ2v) is 5.26. The van der Waals surface area contributed by atoms with E-state index in [0.717, 1.165) is 18.2 Å². The number of aromatic nitrogens is 1. The summed E-state index contributed by atoms with van der Waals surface area (Å²) in [6.07, 6.45) is -1.96. The zero-order valence-corrected chi connectivity index (χ0v) is 13.2. The molecule has 2 aromatic rings. The summed E-state index contributed by atoms with van der Waals surface area (Å²) < 4.78 is 38.1. The van der Waals surface area contributed by atoms with Gasteiger partial charge in [0, 0.05) is 17.3 Å². The highest BCUT2D eigenvalue weighted by Crippen LogP contribution is 2.33. The minimum Gasteiger partial charge on any atom is -0.505 e. The average molecular weight is 360 g/mol. The maximum atomic E-state index is 12.7. The molecule has 0 saturated carbocycles. The Morgan fingerprint density at radius 3 is 2.71 bits per heavy atom. The lowest BCUT2D eigenvalue weighted by Gasteiger charge is -2.10. The van der Waals surface area contributed by atoms with Gasteiger partial charge in [0.1, 0.15) is 5.75 Å². The fourth-order valence-corrected chi connectivity index (χ4v) is 2.04. The van der Waals surface area contributed by atoms with Crippen molar-refractivity contribution in [3.63, 3.8) is 0 Å². The average Bonchev–Trinajstić information content (AvgIpc) is 2.52. The lowest BCUT2D eigenvalue weighted by molar-refractivity contribution is -0.137. The number of anilines is 1. The van der Waals surface area contributed by atoms with E-state index in [1.165, 1.54) is 12.4 Å². The van der Waals surface area contributed by atoms with E-state index in [4.69, 9.17) is 11.6 Å². The van der Waals surface area contributed by atoms with Crippen molar-refractivity contribution >= 4 is 23.5 Å². The molecule has 128 valence electrons. The zero-order valence-electron chi connectivity index (χ0n) is 12.4. The van der Waals surface area contributed by atoms with E-state index in [0.29, 0.717) is 11.3 Å². The van der Waals surface area contributed by atoms with Crippen LogP contribution in [0.2, 0.25) is 5.02 Å². The van der Waals surface area contributed by atoms with E-state index in [1.54, 1.807) is 6.92 Å². The quantitative estimate of drug-likeness (QED) is 0.574. The van der Waals surface area contributed by atoms with Crippen molar-refractivity contribution in [3.8, 4) is 5.75 Å².